The molecule has 8 atom stereocenters. The number of pyridine rings is 2. The molecular formula is C45H54N6O11S. The average molecular weight is 887 g/mol. The van der Waals surface area contributed by atoms with Crippen molar-refractivity contribution in [2.75, 3.05) is 25.6 Å². The lowest BCUT2D eigenvalue weighted by atomic mass is 9.84. The van der Waals surface area contributed by atoms with Crippen molar-refractivity contribution in [1.82, 2.24) is 20.2 Å². The van der Waals surface area contributed by atoms with Gasteiger partial charge < -0.3 is 55.6 Å². The van der Waals surface area contributed by atoms with E-state index in [9.17, 15) is 29.4 Å². The number of unbranched alkanes of at least 4 members (excludes halogenated alkanes) is 1. The van der Waals surface area contributed by atoms with Crippen LogP contribution in [0.15, 0.2) is 65.5 Å². The number of fused-ring (bicyclic) bond motifs is 5. The van der Waals surface area contributed by atoms with Crippen molar-refractivity contribution >= 4 is 51.6 Å². The zero-order valence-corrected chi connectivity index (χ0v) is 36.6. The van der Waals surface area contributed by atoms with Crippen LogP contribution < -0.4 is 36.7 Å². The molecule has 5 heterocycles. The van der Waals surface area contributed by atoms with Crippen LogP contribution in [-0.4, -0.2) is 106 Å². The van der Waals surface area contributed by atoms with E-state index in [4.69, 9.17) is 46.6 Å². The Balaban J connectivity index is 1.06. The number of hydrogen-bond acceptors (Lipinski definition) is 14. The van der Waals surface area contributed by atoms with Crippen LogP contribution in [0.5, 0.6) is 11.5 Å². The number of aromatic nitrogens is 2. The summed E-state index contributed by atoms with van der Waals surface area (Å²) in [4.78, 5) is 61.1. The number of esters is 1. The van der Waals surface area contributed by atoms with Crippen LogP contribution in [-0.2, 0) is 40.7 Å². The number of benzene rings is 2. The minimum atomic E-state index is -1.88. The lowest BCUT2D eigenvalue weighted by molar-refractivity contribution is -0.272. The highest BCUT2D eigenvalue weighted by atomic mass is 32.1. The van der Waals surface area contributed by atoms with Gasteiger partial charge in [0.15, 0.2) is 17.5 Å². The van der Waals surface area contributed by atoms with Crippen molar-refractivity contribution in [3.8, 4) is 22.9 Å². The molecule has 0 saturated carbocycles. The van der Waals surface area contributed by atoms with Crippen molar-refractivity contribution < 1.29 is 48.3 Å². The fourth-order valence-corrected chi connectivity index (χ4v) is 8.53. The van der Waals surface area contributed by atoms with Crippen LogP contribution >= 0.6 is 12.2 Å². The van der Waals surface area contributed by atoms with Crippen LogP contribution in [0.4, 0.5) is 5.69 Å². The number of hydrogen-bond donors (Lipinski definition) is 6. The van der Waals surface area contributed by atoms with Crippen LogP contribution in [0, 0.1) is 5.92 Å². The van der Waals surface area contributed by atoms with Crippen molar-refractivity contribution in [3.63, 3.8) is 0 Å². The topological polar surface area (TPSA) is 235 Å². The molecule has 1 saturated heterocycles. The molecule has 3 aliphatic rings. The first-order valence-electron chi connectivity index (χ1n) is 21.1. The van der Waals surface area contributed by atoms with Gasteiger partial charge in [0.2, 0.25) is 23.6 Å². The Bertz CT molecular complexity index is 2430. The van der Waals surface area contributed by atoms with E-state index in [1.165, 1.54) is 7.11 Å². The van der Waals surface area contributed by atoms with Crippen molar-refractivity contribution in [2.24, 2.45) is 11.7 Å². The number of aliphatic hydroxyl groups excluding tert-OH is 2. The van der Waals surface area contributed by atoms with E-state index in [2.05, 4.69) is 16.0 Å². The Labute approximate surface area is 369 Å². The molecular weight excluding hydrogens is 833 g/mol. The first-order valence-corrected chi connectivity index (χ1v) is 21.6. The smallest absolute Gasteiger partial charge is 0.330 e. The average Bonchev–Trinajstić information content (AvgIpc) is 3.62. The fourth-order valence-electron chi connectivity index (χ4n) is 8.27. The summed E-state index contributed by atoms with van der Waals surface area (Å²) >= 11 is 5.62. The lowest BCUT2D eigenvalue weighted by Gasteiger charge is -2.40. The van der Waals surface area contributed by atoms with Gasteiger partial charge in [0.25, 0.3) is 5.56 Å². The Morgan fingerprint density at radius 2 is 1.81 bits per heavy atom. The summed E-state index contributed by atoms with van der Waals surface area (Å²) in [5.74, 6) is -2.12. The standard InChI is InChI=1S/C45H54N6O11S/c1-6-45(29-20-32-35-26(19-25-11-7-8-12-30(25)48-35)21-51(32)41(56)38(29)59-22-33(45)52)62-42(57)34(23(2)3)50-40(55)31(13-9-10-18-46)49-44(63)47-27-14-16-28(17-15-27)61-43-37(54)39(58-5)36(53)24(4)60-43/h7-8,11-12,14-17,19-20,23-24,31,34,36-37,39,43,53-54H,6,9-10,13,18,21-22,46H2,1-5H3,(H,50,55)(H2,47,49,63)/t24-,31-,34+,36+,37-,39+,43+,45-/m0/s1. The molecule has 0 radical (unpaired) electrons. The van der Waals surface area contributed by atoms with Gasteiger partial charge in [0.05, 0.1) is 35.1 Å². The summed E-state index contributed by atoms with van der Waals surface area (Å²) in [7, 11) is 1.39. The molecule has 1 amide bonds. The number of rotatable bonds is 15. The second-order valence-electron chi connectivity index (χ2n) is 16.4. The molecule has 3 aliphatic heterocycles. The third-order valence-electron chi connectivity index (χ3n) is 11.8. The molecule has 2 aromatic carbocycles. The lowest BCUT2D eigenvalue weighted by Crippen LogP contribution is -2.59. The first-order chi connectivity index (χ1) is 30.2. The number of carbonyl (C=O) groups is 3. The summed E-state index contributed by atoms with van der Waals surface area (Å²) in [6.07, 6.45) is -3.37. The number of amides is 1. The van der Waals surface area contributed by atoms with Crippen molar-refractivity contribution in [1.29, 1.82) is 0 Å². The van der Waals surface area contributed by atoms with Gasteiger partial charge in [0.1, 0.15) is 36.1 Å². The number of ketones is 1. The Morgan fingerprint density at radius 3 is 2.51 bits per heavy atom. The summed E-state index contributed by atoms with van der Waals surface area (Å²) in [5, 5.41) is 30.9. The molecule has 0 unspecified atom stereocenters. The van der Waals surface area contributed by atoms with E-state index >= 15 is 0 Å². The summed E-state index contributed by atoms with van der Waals surface area (Å²) in [6, 6.07) is 15.8. The summed E-state index contributed by atoms with van der Waals surface area (Å²) < 4.78 is 30.3. The van der Waals surface area contributed by atoms with Crippen LogP contribution in [0.1, 0.15) is 64.5 Å². The minimum Gasteiger partial charge on any atom is -0.479 e. The predicted molar refractivity (Wildman–Crippen MR) is 236 cm³/mol. The maximum atomic E-state index is 14.3. The maximum absolute atomic E-state index is 14.3. The molecule has 4 aromatic rings. The van der Waals surface area contributed by atoms with Gasteiger partial charge in [-0.05, 0) is 99.8 Å². The van der Waals surface area contributed by atoms with Crippen molar-refractivity contribution in [2.45, 2.75) is 108 Å². The summed E-state index contributed by atoms with van der Waals surface area (Å²) in [5.41, 5.74) is 6.76. The molecule has 7 rings (SSSR count). The largest absolute Gasteiger partial charge is 0.479 e. The highest BCUT2D eigenvalue weighted by Crippen LogP contribution is 2.43. The molecule has 1 fully saturated rings. The molecule has 63 heavy (non-hydrogen) atoms. The van der Waals surface area contributed by atoms with Gasteiger partial charge >= 0.3 is 5.97 Å². The number of methoxy groups -OCH3 is 1. The zero-order chi connectivity index (χ0) is 45.2. The number of aliphatic hydroxyl groups is 2. The number of nitrogens with two attached hydrogens (primary N) is 1. The van der Waals surface area contributed by atoms with Gasteiger partial charge in [0, 0.05) is 23.7 Å². The second-order valence-corrected chi connectivity index (χ2v) is 16.8. The Morgan fingerprint density at radius 1 is 1.06 bits per heavy atom. The highest BCUT2D eigenvalue weighted by molar-refractivity contribution is 7.80. The van der Waals surface area contributed by atoms with E-state index in [1.54, 1.807) is 62.6 Å². The van der Waals surface area contributed by atoms with Crippen LogP contribution in [0.2, 0.25) is 0 Å². The van der Waals surface area contributed by atoms with Gasteiger partial charge in [-0.1, -0.05) is 39.0 Å². The van der Waals surface area contributed by atoms with Crippen molar-refractivity contribution in [3.05, 3.63) is 82.1 Å². The van der Waals surface area contributed by atoms with Gasteiger partial charge in [-0.15, -0.1) is 0 Å². The minimum absolute atomic E-state index is 0.00214. The van der Waals surface area contributed by atoms with Gasteiger partial charge in [-0.3, -0.25) is 19.0 Å². The third-order valence-corrected chi connectivity index (χ3v) is 12.1. The number of nitrogens with one attached hydrogen (secondary N) is 3. The van der Waals surface area contributed by atoms with Gasteiger partial charge in [-0.2, -0.15) is 0 Å². The normalized spacial score (nSPS) is 23.4. The van der Waals surface area contributed by atoms with E-state index in [-0.39, 0.29) is 29.4 Å². The van der Waals surface area contributed by atoms with E-state index in [0.717, 1.165) is 16.5 Å². The second kappa shape index (κ2) is 19.1. The highest BCUT2D eigenvalue weighted by Gasteiger charge is 2.51. The molecule has 7 N–H and O–H groups in total. The molecule has 0 spiro atoms. The monoisotopic (exact) mass is 886 g/mol. The maximum Gasteiger partial charge on any atom is 0.330 e. The predicted octanol–water partition coefficient (Wildman–Crippen LogP) is 3.02. The number of Topliss-reactive ketones (excluding diaryl/α,β-unsaturated/α-hetero) is 1. The Kier molecular flexibility index (Phi) is 13.8. The molecule has 336 valence electrons. The quantitative estimate of drug-likeness (QED) is 0.0504. The number of para-hydroxylation sites is 1. The Hall–Kier alpha value is -5.50. The number of ether oxygens (including phenoxy) is 5. The molecule has 0 aliphatic carbocycles. The van der Waals surface area contributed by atoms with Crippen LogP contribution in [0.25, 0.3) is 22.3 Å². The SMILES string of the molecule is CC[C@@]1(OC(=O)[C@H](NC(=O)[C@H](CCCCN)NC(=S)Nc2ccc(O[C@H]3O[C@@H](C)[C@@H](O)[C@@H](OC)[C@@H]3O)cc2)C(C)C)C(=O)COc2c1cc1n(c2=O)Cc2cc3ccccc3nc2-1. The fraction of sp³-hybridized carbons (Fsp3) is 0.467. The third kappa shape index (κ3) is 9.14. The first kappa shape index (κ1) is 45.5. The molecule has 18 heteroatoms. The number of nitrogens with zero attached hydrogens (tertiary/aromatic N) is 2. The van der Waals surface area contributed by atoms with Crippen LogP contribution in [0.3, 0.4) is 0 Å². The molecule has 17 nitrogen and oxygen atoms in total. The van der Waals surface area contributed by atoms with E-state index in [1.807, 2.05) is 30.3 Å². The number of thiocarbonyl (C=S) groups is 1. The zero-order valence-electron chi connectivity index (χ0n) is 35.8. The van der Waals surface area contributed by atoms with E-state index < -0.39 is 84.1 Å². The summed E-state index contributed by atoms with van der Waals surface area (Å²) in [6.45, 7) is 7.02. The molecule has 2 aromatic heterocycles. The van der Waals surface area contributed by atoms with Gasteiger partial charge in [-0.25, -0.2) is 9.78 Å². The number of anilines is 1. The molecule has 0 bridgehead atoms. The van der Waals surface area contributed by atoms with E-state index in [0.29, 0.717) is 48.6 Å². The number of carbonyl (C=O) groups excluding carboxylic acids is 3.